The molecule has 0 rings (SSSR count). The second-order valence-corrected chi connectivity index (χ2v) is 1.95. The Kier molecular flexibility index (Phi) is 2.86. The number of amides is 1. The summed E-state index contributed by atoms with van der Waals surface area (Å²) in [5.74, 6) is -0.644. The minimum atomic E-state index is -2.26. The number of carbonyl (C=O) groups is 1. The molecule has 0 aromatic heterocycles. The van der Waals surface area contributed by atoms with Crippen molar-refractivity contribution in [2.75, 3.05) is 0 Å². The first-order valence-corrected chi connectivity index (χ1v) is 2.96. The Labute approximate surface area is 47.8 Å². The molecule has 0 saturated carbocycles. The van der Waals surface area contributed by atoms with E-state index >= 15 is 0 Å². The van der Waals surface area contributed by atoms with Crippen LogP contribution in [0.5, 0.6) is 0 Å². The Morgan fingerprint density at radius 2 is 2.12 bits per heavy atom. The number of carbonyl (C=O) groups excluding carboxylic acids is 1. The SMILES string of the molecule is NC(=O)CC=S(=O)=O. The minimum Gasteiger partial charge on any atom is -0.369 e. The number of rotatable bonds is 2. The molecular formula is C3H5NO3S. The Hall–Kier alpha value is -0.840. The van der Waals surface area contributed by atoms with E-state index in [1.165, 1.54) is 0 Å². The van der Waals surface area contributed by atoms with E-state index in [-0.39, 0.29) is 6.42 Å². The van der Waals surface area contributed by atoms with Gasteiger partial charge in [0.15, 0.2) is 0 Å². The van der Waals surface area contributed by atoms with E-state index in [0.29, 0.717) is 0 Å². The van der Waals surface area contributed by atoms with E-state index in [4.69, 9.17) is 0 Å². The molecule has 0 aromatic carbocycles. The fraction of sp³-hybridized carbons (Fsp3) is 0.333. The predicted molar refractivity (Wildman–Crippen MR) is 28.8 cm³/mol. The van der Waals surface area contributed by atoms with Gasteiger partial charge in [0, 0.05) is 5.37 Å². The Morgan fingerprint density at radius 1 is 1.62 bits per heavy atom. The summed E-state index contributed by atoms with van der Waals surface area (Å²) in [5, 5.41) is 0.808. The Balaban J connectivity index is 3.81. The van der Waals surface area contributed by atoms with Gasteiger partial charge < -0.3 is 5.73 Å². The molecule has 4 nitrogen and oxygen atoms in total. The summed E-state index contributed by atoms with van der Waals surface area (Å²) >= 11 is 0. The summed E-state index contributed by atoms with van der Waals surface area (Å²) in [7, 11) is -2.26. The van der Waals surface area contributed by atoms with Crippen LogP contribution in [-0.4, -0.2) is 19.7 Å². The van der Waals surface area contributed by atoms with Crippen LogP contribution in [0, 0.1) is 0 Å². The lowest BCUT2D eigenvalue weighted by Gasteiger charge is -1.75. The molecule has 0 saturated heterocycles. The van der Waals surface area contributed by atoms with Crippen LogP contribution in [0.3, 0.4) is 0 Å². The van der Waals surface area contributed by atoms with Crippen molar-refractivity contribution < 1.29 is 13.2 Å². The average Bonchev–Trinajstić information content (AvgIpc) is 1.61. The first kappa shape index (κ1) is 7.16. The van der Waals surface area contributed by atoms with Gasteiger partial charge in [0.2, 0.25) is 16.2 Å². The summed E-state index contributed by atoms with van der Waals surface area (Å²) in [5.41, 5.74) is 4.60. The topological polar surface area (TPSA) is 77.2 Å². The monoisotopic (exact) mass is 135 g/mol. The number of nitrogens with two attached hydrogens (primary N) is 1. The number of hydrogen-bond donors (Lipinski definition) is 1. The second-order valence-electron chi connectivity index (χ2n) is 1.10. The molecule has 0 radical (unpaired) electrons. The molecule has 0 aliphatic heterocycles. The molecule has 8 heavy (non-hydrogen) atoms. The molecule has 1 amide bonds. The zero-order valence-corrected chi connectivity index (χ0v) is 4.81. The van der Waals surface area contributed by atoms with Crippen LogP contribution in [0.15, 0.2) is 0 Å². The molecule has 5 heteroatoms. The fourth-order valence-electron chi connectivity index (χ4n) is 0.150. The van der Waals surface area contributed by atoms with Crippen molar-refractivity contribution in [1.82, 2.24) is 0 Å². The van der Waals surface area contributed by atoms with Crippen molar-refractivity contribution in [3.8, 4) is 0 Å². The molecule has 0 unspecified atom stereocenters. The van der Waals surface area contributed by atoms with Crippen molar-refractivity contribution in [2.24, 2.45) is 5.73 Å². The first-order valence-electron chi connectivity index (χ1n) is 1.82. The van der Waals surface area contributed by atoms with Gasteiger partial charge in [-0.25, -0.2) is 0 Å². The highest BCUT2D eigenvalue weighted by atomic mass is 32.2. The van der Waals surface area contributed by atoms with Gasteiger partial charge >= 0.3 is 0 Å². The van der Waals surface area contributed by atoms with E-state index in [2.05, 4.69) is 5.73 Å². The number of primary amides is 1. The zero-order valence-electron chi connectivity index (χ0n) is 3.99. The van der Waals surface area contributed by atoms with E-state index < -0.39 is 16.2 Å². The third-order valence-corrected chi connectivity index (χ3v) is 0.859. The van der Waals surface area contributed by atoms with Gasteiger partial charge in [-0.3, -0.25) is 4.79 Å². The molecule has 0 fully saturated rings. The normalized spacial score (nSPS) is 8.00. The van der Waals surface area contributed by atoms with Crippen LogP contribution in [0.4, 0.5) is 0 Å². The van der Waals surface area contributed by atoms with Gasteiger partial charge in [0.1, 0.15) is 0 Å². The van der Waals surface area contributed by atoms with Gasteiger partial charge in [0.25, 0.3) is 0 Å². The molecule has 0 bridgehead atoms. The molecule has 0 aromatic rings. The third-order valence-electron chi connectivity index (χ3n) is 0.421. The maximum Gasteiger partial charge on any atom is 0.222 e. The van der Waals surface area contributed by atoms with Crippen LogP contribution in [0.2, 0.25) is 0 Å². The van der Waals surface area contributed by atoms with E-state index in [0.717, 1.165) is 5.37 Å². The maximum absolute atomic E-state index is 9.82. The van der Waals surface area contributed by atoms with Crippen LogP contribution in [0.25, 0.3) is 0 Å². The summed E-state index contributed by atoms with van der Waals surface area (Å²) in [6, 6.07) is 0. The molecule has 0 aliphatic rings. The van der Waals surface area contributed by atoms with Gasteiger partial charge in [0.05, 0.1) is 6.42 Å². The smallest absolute Gasteiger partial charge is 0.222 e. The van der Waals surface area contributed by atoms with Crippen molar-refractivity contribution in [3.05, 3.63) is 0 Å². The molecule has 0 atom stereocenters. The quantitative estimate of drug-likeness (QED) is 0.470. The fourth-order valence-corrected chi connectivity index (χ4v) is 0.451. The standard InChI is InChI=1S/C3H5NO3S/c4-3(5)1-2-8(6)7/h2H,1H2,(H2,4,5). The summed E-state index contributed by atoms with van der Waals surface area (Å²) < 4.78 is 19.3. The van der Waals surface area contributed by atoms with E-state index in [1.807, 2.05) is 0 Å². The van der Waals surface area contributed by atoms with Crippen molar-refractivity contribution >= 4 is 21.6 Å². The van der Waals surface area contributed by atoms with E-state index in [9.17, 15) is 13.2 Å². The summed E-state index contributed by atoms with van der Waals surface area (Å²) in [6.45, 7) is 0. The highest BCUT2D eigenvalue weighted by Crippen LogP contribution is 1.63. The predicted octanol–water partition coefficient (Wildman–Crippen LogP) is -1.46. The molecular weight excluding hydrogens is 130 g/mol. The molecule has 0 spiro atoms. The lowest BCUT2D eigenvalue weighted by atomic mass is 10.5. The lowest BCUT2D eigenvalue weighted by molar-refractivity contribution is -0.116. The first-order chi connectivity index (χ1) is 3.63. The maximum atomic E-state index is 9.82. The average molecular weight is 135 g/mol. The van der Waals surface area contributed by atoms with E-state index in [1.54, 1.807) is 0 Å². The summed E-state index contributed by atoms with van der Waals surface area (Å²) in [6.07, 6.45) is -0.212. The summed E-state index contributed by atoms with van der Waals surface area (Å²) in [4.78, 5) is 9.82. The second kappa shape index (κ2) is 3.20. The van der Waals surface area contributed by atoms with Crippen molar-refractivity contribution in [3.63, 3.8) is 0 Å². The highest BCUT2D eigenvalue weighted by molar-refractivity contribution is 7.71. The highest BCUT2D eigenvalue weighted by Gasteiger charge is 1.85. The number of hydrogen-bond acceptors (Lipinski definition) is 3. The van der Waals surface area contributed by atoms with Gasteiger partial charge in [-0.05, 0) is 0 Å². The molecule has 2 N–H and O–H groups in total. The Morgan fingerprint density at radius 3 is 2.25 bits per heavy atom. The van der Waals surface area contributed by atoms with Crippen molar-refractivity contribution in [2.45, 2.75) is 6.42 Å². The largest absolute Gasteiger partial charge is 0.369 e. The minimum absolute atomic E-state index is 0.212. The van der Waals surface area contributed by atoms with Gasteiger partial charge in [-0.15, -0.1) is 0 Å². The van der Waals surface area contributed by atoms with Crippen molar-refractivity contribution in [1.29, 1.82) is 0 Å². The third kappa shape index (κ3) is 5.16. The van der Waals surface area contributed by atoms with Gasteiger partial charge in [-0.2, -0.15) is 8.42 Å². The van der Waals surface area contributed by atoms with Crippen LogP contribution in [0.1, 0.15) is 6.42 Å². The molecule has 46 valence electrons. The molecule has 0 aliphatic carbocycles. The van der Waals surface area contributed by atoms with Gasteiger partial charge in [-0.1, -0.05) is 0 Å². The van der Waals surface area contributed by atoms with Crippen LogP contribution < -0.4 is 5.73 Å². The lowest BCUT2D eigenvalue weighted by Crippen LogP contribution is -2.10. The van der Waals surface area contributed by atoms with Crippen LogP contribution in [-0.2, 0) is 15.1 Å². The molecule has 0 heterocycles. The zero-order chi connectivity index (χ0) is 6.57. The van der Waals surface area contributed by atoms with Crippen LogP contribution >= 0.6 is 0 Å². The Bertz CT molecular complexity index is 195.